The lowest BCUT2D eigenvalue weighted by Gasteiger charge is -2.04. The Morgan fingerprint density at radius 2 is 2.05 bits per heavy atom. The second-order valence-corrected chi connectivity index (χ2v) is 4.20. The lowest BCUT2D eigenvalue weighted by atomic mass is 10.1. The van der Waals surface area contributed by atoms with Gasteiger partial charge in [0.15, 0.2) is 0 Å². The van der Waals surface area contributed by atoms with Crippen LogP contribution in [0.4, 0.5) is 5.69 Å². The Labute approximate surface area is 114 Å². The number of nitrogens with one attached hydrogen (secondary N) is 2. The zero-order chi connectivity index (χ0) is 14.5. The van der Waals surface area contributed by atoms with E-state index in [9.17, 15) is 14.9 Å². The average molecular weight is 275 g/mol. The zero-order valence-corrected chi connectivity index (χ0v) is 10.5. The number of hydrogen-bond donors (Lipinski definition) is 3. The summed E-state index contributed by atoms with van der Waals surface area (Å²) in [5.41, 5.74) is 0.983. The smallest absolute Gasteiger partial charge is 0.287 e. The number of nitrogens with zero attached hydrogens (tertiary/aromatic N) is 1. The van der Waals surface area contributed by atoms with Gasteiger partial charge in [0.1, 0.15) is 11.4 Å². The van der Waals surface area contributed by atoms with Crippen molar-refractivity contribution in [1.82, 2.24) is 10.3 Å². The number of carbonyl (C=O) groups excluding carboxylic acids is 1. The van der Waals surface area contributed by atoms with Crippen molar-refractivity contribution < 1.29 is 14.8 Å². The molecule has 0 aliphatic heterocycles. The average Bonchev–Trinajstić information content (AvgIpc) is 2.91. The molecule has 1 aromatic heterocycles. The van der Waals surface area contributed by atoms with Crippen molar-refractivity contribution in [2.45, 2.75) is 6.42 Å². The monoisotopic (exact) mass is 275 g/mol. The molecule has 0 aliphatic rings. The highest BCUT2D eigenvalue weighted by atomic mass is 16.6. The van der Waals surface area contributed by atoms with Crippen LogP contribution in [0.25, 0.3) is 0 Å². The van der Waals surface area contributed by atoms with E-state index in [1.54, 1.807) is 24.3 Å². The van der Waals surface area contributed by atoms with Crippen LogP contribution in [-0.2, 0) is 6.42 Å². The summed E-state index contributed by atoms with van der Waals surface area (Å²) in [6.07, 6.45) is 1.78. The third-order valence-electron chi connectivity index (χ3n) is 2.76. The summed E-state index contributed by atoms with van der Waals surface area (Å²) >= 11 is 0. The minimum Gasteiger partial charge on any atom is -0.508 e. The van der Waals surface area contributed by atoms with E-state index < -0.39 is 10.8 Å². The Kier molecular flexibility index (Phi) is 3.99. The maximum atomic E-state index is 11.7. The van der Waals surface area contributed by atoms with Crippen molar-refractivity contribution >= 4 is 11.6 Å². The molecule has 3 N–H and O–H groups in total. The molecule has 1 amide bonds. The topological polar surface area (TPSA) is 108 Å². The first kappa shape index (κ1) is 13.6. The summed E-state index contributed by atoms with van der Waals surface area (Å²) in [5.74, 6) is -0.201. The number of carbonyl (C=O) groups is 1. The molecule has 0 fully saturated rings. The Bertz CT molecular complexity index is 619. The summed E-state index contributed by atoms with van der Waals surface area (Å²) in [6, 6.07) is 7.87. The van der Waals surface area contributed by atoms with E-state index in [-0.39, 0.29) is 17.1 Å². The standard InChI is InChI=1S/C13H13N3O4/c17-11-3-1-9(2-4-11)5-6-14-13(18)12-7-10(8-15-12)16(19)20/h1-4,7-8,15,17H,5-6H2,(H,14,18). The van der Waals surface area contributed by atoms with Gasteiger partial charge in [-0.1, -0.05) is 12.1 Å². The Morgan fingerprint density at radius 3 is 2.65 bits per heavy atom. The number of aromatic hydroxyl groups is 1. The summed E-state index contributed by atoms with van der Waals surface area (Å²) in [7, 11) is 0. The molecule has 2 aromatic rings. The molecule has 20 heavy (non-hydrogen) atoms. The summed E-state index contributed by atoms with van der Waals surface area (Å²) < 4.78 is 0. The number of phenolic OH excluding ortho intramolecular Hbond substituents is 1. The number of H-pyrrole nitrogens is 1. The molecule has 0 saturated carbocycles. The summed E-state index contributed by atoms with van der Waals surface area (Å²) in [5, 5.41) is 22.3. The van der Waals surface area contributed by atoms with Gasteiger partial charge in [-0.25, -0.2) is 0 Å². The number of nitro groups is 1. The molecular weight excluding hydrogens is 262 g/mol. The quantitative estimate of drug-likeness (QED) is 0.568. The summed E-state index contributed by atoms with van der Waals surface area (Å²) in [4.78, 5) is 24.2. The van der Waals surface area contributed by atoms with Crippen molar-refractivity contribution in [2.75, 3.05) is 6.54 Å². The molecule has 0 unspecified atom stereocenters. The molecule has 0 bridgehead atoms. The van der Waals surface area contributed by atoms with Crippen LogP contribution in [0.1, 0.15) is 16.1 Å². The van der Waals surface area contributed by atoms with Gasteiger partial charge >= 0.3 is 0 Å². The van der Waals surface area contributed by atoms with Gasteiger partial charge in [-0.15, -0.1) is 0 Å². The zero-order valence-electron chi connectivity index (χ0n) is 10.5. The maximum absolute atomic E-state index is 11.7. The number of rotatable bonds is 5. The van der Waals surface area contributed by atoms with Crippen LogP contribution >= 0.6 is 0 Å². The van der Waals surface area contributed by atoms with Crippen LogP contribution in [0.3, 0.4) is 0 Å². The van der Waals surface area contributed by atoms with Crippen molar-refractivity contribution in [1.29, 1.82) is 0 Å². The van der Waals surface area contributed by atoms with Gasteiger partial charge < -0.3 is 15.4 Å². The van der Waals surface area contributed by atoms with Gasteiger partial charge in [0, 0.05) is 12.6 Å². The van der Waals surface area contributed by atoms with Gasteiger partial charge in [-0.3, -0.25) is 14.9 Å². The van der Waals surface area contributed by atoms with E-state index in [1.807, 2.05) is 0 Å². The van der Waals surface area contributed by atoms with Crippen LogP contribution in [-0.4, -0.2) is 27.5 Å². The second-order valence-electron chi connectivity index (χ2n) is 4.20. The number of hydrogen-bond acceptors (Lipinski definition) is 4. The molecule has 2 rings (SSSR count). The molecule has 1 aromatic carbocycles. The van der Waals surface area contributed by atoms with Crippen LogP contribution < -0.4 is 5.32 Å². The van der Waals surface area contributed by atoms with E-state index in [0.29, 0.717) is 13.0 Å². The molecule has 0 aliphatic carbocycles. The number of phenols is 1. The fourth-order valence-corrected chi connectivity index (χ4v) is 1.70. The lowest BCUT2D eigenvalue weighted by molar-refractivity contribution is -0.384. The fourth-order valence-electron chi connectivity index (χ4n) is 1.70. The van der Waals surface area contributed by atoms with Crippen LogP contribution in [0.2, 0.25) is 0 Å². The highest BCUT2D eigenvalue weighted by molar-refractivity contribution is 5.93. The van der Waals surface area contributed by atoms with Crippen LogP contribution in [0.15, 0.2) is 36.5 Å². The first-order chi connectivity index (χ1) is 9.56. The van der Waals surface area contributed by atoms with Crippen molar-refractivity contribution in [3.8, 4) is 5.75 Å². The van der Waals surface area contributed by atoms with Gasteiger partial charge in [0.2, 0.25) is 0 Å². The number of aromatic nitrogens is 1. The molecular formula is C13H13N3O4. The fraction of sp³-hybridized carbons (Fsp3) is 0.154. The molecule has 0 atom stereocenters. The highest BCUT2D eigenvalue weighted by Gasteiger charge is 2.13. The molecule has 104 valence electrons. The second kappa shape index (κ2) is 5.87. The van der Waals surface area contributed by atoms with Crippen molar-refractivity contribution in [3.63, 3.8) is 0 Å². The maximum Gasteiger partial charge on any atom is 0.287 e. The van der Waals surface area contributed by atoms with E-state index in [2.05, 4.69) is 10.3 Å². The first-order valence-electron chi connectivity index (χ1n) is 5.95. The first-order valence-corrected chi connectivity index (χ1v) is 5.95. The van der Waals surface area contributed by atoms with E-state index >= 15 is 0 Å². The predicted octanol–water partition coefficient (Wildman–Crippen LogP) is 1.60. The summed E-state index contributed by atoms with van der Waals surface area (Å²) in [6.45, 7) is 0.399. The number of benzene rings is 1. The molecule has 0 radical (unpaired) electrons. The van der Waals surface area contributed by atoms with Crippen molar-refractivity contribution in [2.24, 2.45) is 0 Å². The molecule has 7 nitrogen and oxygen atoms in total. The molecule has 1 heterocycles. The third kappa shape index (κ3) is 3.35. The molecule has 0 saturated heterocycles. The third-order valence-corrected chi connectivity index (χ3v) is 2.76. The van der Waals surface area contributed by atoms with Gasteiger partial charge in [0.05, 0.1) is 11.1 Å². The van der Waals surface area contributed by atoms with Crippen molar-refractivity contribution in [3.05, 3.63) is 57.9 Å². The van der Waals surface area contributed by atoms with Gasteiger partial charge in [-0.2, -0.15) is 0 Å². The minimum absolute atomic E-state index is 0.145. The highest BCUT2D eigenvalue weighted by Crippen LogP contribution is 2.12. The van der Waals surface area contributed by atoms with Gasteiger partial charge in [0.25, 0.3) is 11.6 Å². The largest absolute Gasteiger partial charge is 0.508 e. The minimum atomic E-state index is -0.566. The van der Waals surface area contributed by atoms with Crippen LogP contribution in [0, 0.1) is 10.1 Å². The van der Waals surface area contributed by atoms with E-state index in [1.165, 1.54) is 12.3 Å². The Morgan fingerprint density at radius 1 is 1.35 bits per heavy atom. The predicted molar refractivity (Wildman–Crippen MR) is 71.6 cm³/mol. The van der Waals surface area contributed by atoms with Crippen LogP contribution in [0.5, 0.6) is 5.75 Å². The SMILES string of the molecule is O=C(NCCc1ccc(O)cc1)c1cc([N+](=O)[O-])c[nH]1. The van der Waals surface area contributed by atoms with Gasteiger partial charge in [-0.05, 0) is 24.1 Å². The lowest BCUT2D eigenvalue weighted by Crippen LogP contribution is -2.25. The number of amides is 1. The molecule has 0 spiro atoms. The molecule has 7 heteroatoms. The van der Waals surface area contributed by atoms with E-state index in [4.69, 9.17) is 5.11 Å². The Hall–Kier alpha value is -2.83. The normalized spacial score (nSPS) is 10.2. The number of aromatic amines is 1. The Balaban J connectivity index is 1.85. The van der Waals surface area contributed by atoms with E-state index in [0.717, 1.165) is 5.56 Å².